The van der Waals surface area contributed by atoms with Crippen molar-refractivity contribution in [3.8, 4) is 22.8 Å². The van der Waals surface area contributed by atoms with E-state index in [-0.39, 0.29) is 23.4 Å². The Labute approximate surface area is 184 Å². The molecule has 0 saturated carbocycles. The second kappa shape index (κ2) is 8.51. The first-order valence-electron chi connectivity index (χ1n) is 9.38. The topological polar surface area (TPSA) is 70.5 Å². The predicted octanol–water partition coefficient (Wildman–Crippen LogP) is 3.52. The molecule has 10 heteroatoms. The fraction of sp³-hybridized carbons (Fsp3) is 0.136. The van der Waals surface area contributed by atoms with Gasteiger partial charge in [0.25, 0.3) is 5.65 Å². The van der Waals surface area contributed by atoms with Crippen LogP contribution in [0.1, 0.15) is 5.69 Å². The Morgan fingerprint density at radius 1 is 1.09 bits per heavy atom. The SMILES string of the molecule is O=c1c(-c2cccc(OCc3cccc(Cl)n3)c2)c([O-])[n+](CC(F)(F)F)c2ccccn12. The van der Waals surface area contributed by atoms with Gasteiger partial charge in [-0.05, 0) is 35.9 Å². The van der Waals surface area contributed by atoms with Crippen LogP contribution in [0.15, 0.2) is 71.7 Å². The third-order valence-electron chi connectivity index (χ3n) is 4.63. The number of aromatic nitrogens is 3. The zero-order valence-electron chi connectivity index (χ0n) is 16.3. The molecule has 0 saturated heterocycles. The van der Waals surface area contributed by atoms with Gasteiger partial charge in [0.15, 0.2) is 6.54 Å². The molecule has 0 fully saturated rings. The van der Waals surface area contributed by atoms with Crippen LogP contribution in [-0.2, 0) is 13.2 Å². The number of halogens is 4. The first-order valence-corrected chi connectivity index (χ1v) is 9.76. The standard InChI is InChI=1S/C22H15ClF3N3O3/c23-17-8-4-6-15(27-17)12-32-16-7-3-5-14(11-16)19-20(30)28-10-2-1-9-18(28)29(21(19)31)13-22(24,25)26/h1-11H,12-13H2. The summed E-state index contributed by atoms with van der Waals surface area (Å²) >= 11 is 5.85. The van der Waals surface area contributed by atoms with Crippen molar-refractivity contribution < 1.29 is 27.6 Å². The van der Waals surface area contributed by atoms with E-state index in [0.29, 0.717) is 21.2 Å². The molecule has 1 aromatic carbocycles. The van der Waals surface area contributed by atoms with E-state index in [1.807, 2.05) is 0 Å². The summed E-state index contributed by atoms with van der Waals surface area (Å²) in [5.74, 6) is -0.726. The molecule has 0 unspecified atom stereocenters. The second-order valence-electron chi connectivity index (χ2n) is 6.88. The molecule has 0 aliphatic heterocycles. The zero-order chi connectivity index (χ0) is 22.9. The highest BCUT2D eigenvalue weighted by Gasteiger charge is 2.33. The lowest BCUT2D eigenvalue weighted by atomic mass is 10.1. The average Bonchev–Trinajstić information content (AvgIpc) is 2.75. The molecular weight excluding hydrogens is 447 g/mol. The number of ether oxygens (including phenoxy) is 1. The lowest BCUT2D eigenvalue weighted by Gasteiger charge is -2.18. The van der Waals surface area contributed by atoms with Crippen LogP contribution in [-0.4, -0.2) is 15.6 Å². The van der Waals surface area contributed by atoms with Gasteiger partial charge in [-0.3, -0.25) is 0 Å². The average molecular weight is 462 g/mol. The van der Waals surface area contributed by atoms with Crippen molar-refractivity contribution in [1.29, 1.82) is 0 Å². The van der Waals surface area contributed by atoms with Crippen molar-refractivity contribution in [3.05, 3.63) is 88.1 Å². The molecule has 0 spiro atoms. The van der Waals surface area contributed by atoms with E-state index >= 15 is 0 Å². The van der Waals surface area contributed by atoms with Gasteiger partial charge in [0, 0.05) is 6.07 Å². The predicted molar refractivity (Wildman–Crippen MR) is 108 cm³/mol. The Bertz CT molecular complexity index is 1360. The van der Waals surface area contributed by atoms with E-state index in [9.17, 15) is 23.1 Å². The van der Waals surface area contributed by atoms with Crippen LogP contribution >= 0.6 is 11.6 Å². The first kappa shape index (κ1) is 21.6. The number of hydrogen-bond donors (Lipinski definition) is 0. The van der Waals surface area contributed by atoms with Crippen LogP contribution in [0.25, 0.3) is 16.8 Å². The van der Waals surface area contributed by atoms with E-state index in [2.05, 4.69) is 4.98 Å². The summed E-state index contributed by atoms with van der Waals surface area (Å²) in [7, 11) is 0. The molecule has 164 valence electrons. The Hall–Kier alpha value is -3.59. The number of alkyl halides is 3. The van der Waals surface area contributed by atoms with Crippen LogP contribution < -0.4 is 20.0 Å². The lowest BCUT2D eigenvalue weighted by molar-refractivity contribution is -0.734. The second-order valence-corrected chi connectivity index (χ2v) is 7.27. The van der Waals surface area contributed by atoms with Crippen molar-refractivity contribution in [1.82, 2.24) is 9.38 Å². The van der Waals surface area contributed by atoms with E-state index in [1.165, 1.54) is 36.5 Å². The Morgan fingerprint density at radius 2 is 1.88 bits per heavy atom. The van der Waals surface area contributed by atoms with Crippen LogP contribution in [0, 0.1) is 0 Å². The van der Waals surface area contributed by atoms with Gasteiger partial charge in [-0.1, -0.05) is 35.9 Å². The molecule has 0 bridgehead atoms. The third-order valence-corrected chi connectivity index (χ3v) is 4.84. The van der Waals surface area contributed by atoms with E-state index in [1.54, 1.807) is 30.3 Å². The molecular formula is C22H15ClF3N3O3. The Balaban J connectivity index is 1.78. The minimum atomic E-state index is -4.65. The quantitative estimate of drug-likeness (QED) is 0.337. The van der Waals surface area contributed by atoms with Crippen LogP contribution in [0.3, 0.4) is 0 Å². The van der Waals surface area contributed by atoms with Gasteiger partial charge in [0.1, 0.15) is 23.1 Å². The number of nitrogens with zero attached hydrogens (tertiary/aromatic N) is 3. The van der Waals surface area contributed by atoms with Gasteiger partial charge in [0.05, 0.1) is 17.8 Å². The monoisotopic (exact) mass is 461 g/mol. The third kappa shape index (κ3) is 4.52. The lowest BCUT2D eigenvalue weighted by Crippen LogP contribution is -2.48. The van der Waals surface area contributed by atoms with Crippen LogP contribution in [0.4, 0.5) is 13.2 Å². The Morgan fingerprint density at radius 3 is 2.62 bits per heavy atom. The molecule has 0 aliphatic rings. The summed E-state index contributed by atoms with van der Waals surface area (Å²) < 4.78 is 46.7. The highest BCUT2D eigenvalue weighted by molar-refractivity contribution is 6.29. The van der Waals surface area contributed by atoms with Crippen LogP contribution in [0.2, 0.25) is 5.15 Å². The normalized spacial score (nSPS) is 11.6. The first-order chi connectivity index (χ1) is 15.2. The number of benzene rings is 1. The highest BCUT2D eigenvalue weighted by Crippen LogP contribution is 2.27. The van der Waals surface area contributed by atoms with E-state index < -0.39 is 24.2 Å². The van der Waals surface area contributed by atoms with Gasteiger partial charge >= 0.3 is 11.7 Å². The van der Waals surface area contributed by atoms with Crippen molar-refractivity contribution in [2.24, 2.45) is 0 Å². The summed E-state index contributed by atoms with van der Waals surface area (Å²) in [6, 6.07) is 15.3. The minimum Gasteiger partial charge on any atom is -0.842 e. The number of rotatable bonds is 5. The maximum absolute atomic E-state index is 13.2. The fourth-order valence-corrected chi connectivity index (χ4v) is 3.47. The number of pyridine rings is 2. The van der Waals surface area contributed by atoms with Gasteiger partial charge in [-0.2, -0.15) is 17.6 Å². The smallest absolute Gasteiger partial charge is 0.426 e. The van der Waals surface area contributed by atoms with Crippen molar-refractivity contribution >= 4 is 17.2 Å². The molecule has 32 heavy (non-hydrogen) atoms. The van der Waals surface area contributed by atoms with Gasteiger partial charge in [0.2, 0.25) is 0 Å². The number of fused-ring (bicyclic) bond motifs is 1. The van der Waals surface area contributed by atoms with Gasteiger partial charge in [-0.15, -0.1) is 0 Å². The molecule has 3 heterocycles. The van der Waals surface area contributed by atoms with Crippen molar-refractivity contribution in [2.75, 3.05) is 0 Å². The molecule has 0 amide bonds. The van der Waals surface area contributed by atoms with E-state index in [4.69, 9.17) is 16.3 Å². The summed E-state index contributed by atoms with van der Waals surface area (Å²) in [6.45, 7) is -1.46. The van der Waals surface area contributed by atoms with Crippen molar-refractivity contribution in [3.63, 3.8) is 0 Å². The molecule has 4 aromatic rings. The molecule has 0 N–H and O–H groups in total. The summed E-state index contributed by atoms with van der Waals surface area (Å²) in [5.41, 5.74) is -0.558. The molecule has 3 aromatic heterocycles. The highest BCUT2D eigenvalue weighted by atomic mass is 35.5. The minimum absolute atomic E-state index is 0.0685. The molecule has 0 atom stereocenters. The molecule has 4 rings (SSSR count). The summed E-state index contributed by atoms with van der Waals surface area (Å²) in [4.78, 5) is 17.1. The zero-order valence-corrected chi connectivity index (χ0v) is 17.1. The fourth-order valence-electron chi connectivity index (χ4n) is 3.29. The van der Waals surface area contributed by atoms with Crippen molar-refractivity contribution in [2.45, 2.75) is 19.3 Å². The Kier molecular flexibility index (Phi) is 5.75. The summed E-state index contributed by atoms with van der Waals surface area (Å²) in [5, 5.41) is 13.3. The van der Waals surface area contributed by atoms with Gasteiger partial charge in [-0.25, -0.2) is 14.3 Å². The molecule has 0 aliphatic carbocycles. The largest absolute Gasteiger partial charge is 0.842 e. The maximum Gasteiger partial charge on any atom is 0.426 e. The summed E-state index contributed by atoms with van der Waals surface area (Å²) in [6.07, 6.45) is -3.33. The van der Waals surface area contributed by atoms with Crippen LogP contribution in [0.5, 0.6) is 11.6 Å². The maximum atomic E-state index is 13.2. The van der Waals surface area contributed by atoms with Gasteiger partial charge < -0.3 is 9.84 Å². The van der Waals surface area contributed by atoms with E-state index in [0.717, 1.165) is 4.40 Å². The molecule has 6 nitrogen and oxygen atoms in total. The number of hydrogen-bond acceptors (Lipinski definition) is 4. The molecule has 0 radical (unpaired) electrons.